The average Bonchev–Trinajstić information content (AvgIpc) is 2.61. The Hall–Kier alpha value is -2.06. The zero-order valence-electron chi connectivity index (χ0n) is 14.9. The molecule has 1 amide bonds. The minimum Gasteiger partial charge on any atom is -0.352 e. The van der Waals surface area contributed by atoms with Crippen LogP contribution >= 0.6 is 0 Å². The summed E-state index contributed by atoms with van der Waals surface area (Å²) in [7, 11) is 0. The minimum absolute atomic E-state index is 0.265. The van der Waals surface area contributed by atoms with E-state index in [2.05, 4.69) is 22.0 Å². The monoisotopic (exact) mass is 371 g/mol. The maximum absolute atomic E-state index is 12.3. The highest BCUT2D eigenvalue weighted by Crippen LogP contribution is 2.24. The summed E-state index contributed by atoms with van der Waals surface area (Å²) in [5, 5.41) is 8.63. The summed E-state index contributed by atoms with van der Waals surface area (Å²) in [6.45, 7) is 4.61. The third-order valence-corrected chi connectivity index (χ3v) is 5.04. The van der Waals surface area contributed by atoms with Crippen molar-refractivity contribution in [3.8, 4) is 0 Å². The van der Waals surface area contributed by atoms with Gasteiger partial charge in [0.05, 0.1) is 0 Å². The molecule has 0 spiro atoms. The van der Waals surface area contributed by atoms with Gasteiger partial charge in [0, 0.05) is 38.8 Å². The van der Waals surface area contributed by atoms with E-state index < -0.39 is 18.5 Å². The summed E-state index contributed by atoms with van der Waals surface area (Å²) in [6.07, 6.45) is -2.31. The molecule has 0 saturated carbocycles. The minimum atomic E-state index is -4.46. The first kappa shape index (κ1) is 18.7. The second-order valence-electron chi connectivity index (χ2n) is 6.95. The number of anilines is 2. The summed E-state index contributed by atoms with van der Waals surface area (Å²) >= 11 is 0. The van der Waals surface area contributed by atoms with Crippen molar-refractivity contribution in [1.29, 1.82) is 0 Å². The molecule has 2 fully saturated rings. The lowest BCUT2D eigenvalue weighted by atomic mass is 10.0. The maximum Gasteiger partial charge on any atom is 0.397 e. The second-order valence-corrected chi connectivity index (χ2v) is 6.95. The summed E-state index contributed by atoms with van der Waals surface area (Å²) in [5.41, 5.74) is 0. The van der Waals surface area contributed by atoms with Crippen LogP contribution in [-0.2, 0) is 4.79 Å². The summed E-state index contributed by atoms with van der Waals surface area (Å²) < 4.78 is 37.0. The van der Waals surface area contributed by atoms with Gasteiger partial charge in [-0.3, -0.25) is 4.79 Å². The van der Waals surface area contributed by atoms with Crippen molar-refractivity contribution in [3.63, 3.8) is 0 Å². The van der Waals surface area contributed by atoms with E-state index in [1.807, 2.05) is 17.0 Å². The molecule has 1 unspecified atom stereocenters. The van der Waals surface area contributed by atoms with E-state index in [-0.39, 0.29) is 13.1 Å². The number of alkyl halides is 3. The predicted octanol–water partition coefficient (Wildman–Crippen LogP) is 2.46. The molecular formula is C17H24F3N5O. The fourth-order valence-electron chi connectivity index (χ4n) is 3.55. The number of carbonyl (C=O) groups is 1. The Kier molecular flexibility index (Phi) is 5.52. The highest BCUT2D eigenvalue weighted by Gasteiger charge is 2.34. The number of hydrogen-bond acceptors (Lipinski definition) is 5. The van der Waals surface area contributed by atoms with E-state index in [0.29, 0.717) is 24.9 Å². The van der Waals surface area contributed by atoms with Gasteiger partial charge < -0.3 is 14.7 Å². The van der Waals surface area contributed by atoms with E-state index >= 15 is 0 Å². The molecule has 0 bridgehead atoms. The number of piperazine rings is 1. The van der Waals surface area contributed by atoms with Crippen molar-refractivity contribution < 1.29 is 18.0 Å². The molecule has 3 heterocycles. The molecule has 0 radical (unpaired) electrons. The molecule has 2 aliphatic rings. The molecule has 1 aromatic heterocycles. The molecule has 9 heteroatoms. The molecule has 1 atom stereocenters. The predicted molar refractivity (Wildman–Crippen MR) is 92.2 cm³/mol. The van der Waals surface area contributed by atoms with E-state index in [1.54, 1.807) is 0 Å². The van der Waals surface area contributed by atoms with Gasteiger partial charge in [-0.05, 0) is 38.3 Å². The normalized spacial score (nSPS) is 21.8. The van der Waals surface area contributed by atoms with Crippen LogP contribution < -0.4 is 9.80 Å². The lowest BCUT2D eigenvalue weighted by Gasteiger charge is -2.36. The number of piperidine rings is 1. The third-order valence-electron chi connectivity index (χ3n) is 5.04. The van der Waals surface area contributed by atoms with Crippen LogP contribution in [0.4, 0.5) is 24.8 Å². The standard InChI is InChI=1S/C17H24F3N5O/c1-13-4-2-3-7-25(13)15-6-5-14(21-22-15)23-8-10-24(11-9-23)16(26)12-17(18,19)20/h5-6,13H,2-4,7-12H2,1H3. The van der Waals surface area contributed by atoms with Crippen LogP contribution in [0.15, 0.2) is 12.1 Å². The van der Waals surface area contributed by atoms with Crippen LogP contribution in [0.25, 0.3) is 0 Å². The van der Waals surface area contributed by atoms with Crippen molar-refractivity contribution in [2.24, 2.45) is 0 Å². The number of carbonyl (C=O) groups excluding carboxylic acids is 1. The zero-order chi connectivity index (χ0) is 18.7. The molecule has 6 nitrogen and oxygen atoms in total. The fraction of sp³-hybridized carbons (Fsp3) is 0.706. The summed E-state index contributed by atoms with van der Waals surface area (Å²) in [6, 6.07) is 4.30. The largest absolute Gasteiger partial charge is 0.397 e. The molecular weight excluding hydrogens is 347 g/mol. The Labute approximate surface area is 151 Å². The molecule has 0 N–H and O–H groups in total. The molecule has 1 aromatic rings. The Bertz CT molecular complexity index is 614. The highest BCUT2D eigenvalue weighted by molar-refractivity contribution is 5.77. The summed E-state index contributed by atoms with van der Waals surface area (Å²) in [5.74, 6) is 0.693. The SMILES string of the molecule is CC1CCCCN1c1ccc(N2CCN(C(=O)CC(F)(F)F)CC2)nn1. The van der Waals surface area contributed by atoms with Gasteiger partial charge in [-0.2, -0.15) is 13.2 Å². The van der Waals surface area contributed by atoms with Crippen molar-refractivity contribution in [2.75, 3.05) is 42.5 Å². The Balaban J connectivity index is 1.55. The molecule has 3 rings (SSSR count). The lowest BCUT2D eigenvalue weighted by molar-refractivity contribution is -0.161. The van der Waals surface area contributed by atoms with Gasteiger partial charge in [0.1, 0.15) is 6.42 Å². The Morgan fingerprint density at radius 2 is 1.73 bits per heavy atom. The van der Waals surface area contributed by atoms with Crippen molar-refractivity contribution in [3.05, 3.63) is 12.1 Å². The van der Waals surface area contributed by atoms with Gasteiger partial charge in [-0.1, -0.05) is 0 Å². The summed E-state index contributed by atoms with van der Waals surface area (Å²) in [4.78, 5) is 17.1. The molecule has 26 heavy (non-hydrogen) atoms. The van der Waals surface area contributed by atoms with Gasteiger partial charge in [0.15, 0.2) is 11.6 Å². The van der Waals surface area contributed by atoms with Gasteiger partial charge in [-0.15, -0.1) is 10.2 Å². The average molecular weight is 371 g/mol. The van der Waals surface area contributed by atoms with Gasteiger partial charge >= 0.3 is 6.18 Å². The third kappa shape index (κ3) is 4.56. The first-order valence-electron chi connectivity index (χ1n) is 9.03. The van der Waals surface area contributed by atoms with E-state index in [4.69, 9.17) is 0 Å². The molecule has 0 aliphatic carbocycles. The zero-order valence-corrected chi connectivity index (χ0v) is 14.9. The molecule has 2 aliphatic heterocycles. The number of hydrogen-bond donors (Lipinski definition) is 0. The maximum atomic E-state index is 12.3. The van der Waals surface area contributed by atoms with Crippen LogP contribution in [0, 0.1) is 0 Å². The number of nitrogens with zero attached hydrogens (tertiary/aromatic N) is 5. The fourth-order valence-corrected chi connectivity index (χ4v) is 3.55. The van der Waals surface area contributed by atoms with E-state index in [9.17, 15) is 18.0 Å². The highest BCUT2D eigenvalue weighted by atomic mass is 19.4. The van der Waals surface area contributed by atoms with Gasteiger partial charge in [-0.25, -0.2) is 0 Å². The van der Waals surface area contributed by atoms with Gasteiger partial charge in [0.2, 0.25) is 5.91 Å². The number of amides is 1. The first-order chi connectivity index (χ1) is 12.3. The quantitative estimate of drug-likeness (QED) is 0.817. The Morgan fingerprint density at radius 3 is 2.31 bits per heavy atom. The van der Waals surface area contributed by atoms with Crippen LogP contribution in [0.3, 0.4) is 0 Å². The lowest BCUT2D eigenvalue weighted by Crippen LogP contribution is -2.49. The van der Waals surface area contributed by atoms with Crippen LogP contribution in [0.1, 0.15) is 32.6 Å². The van der Waals surface area contributed by atoms with E-state index in [0.717, 1.165) is 25.2 Å². The molecule has 0 aromatic carbocycles. The van der Waals surface area contributed by atoms with Crippen LogP contribution in [-0.4, -0.2) is 65.9 Å². The second kappa shape index (κ2) is 7.67. The smallest absolute Gasteiger partial charge is 0.352 e. The van der Waals surface area contributed by atoms with Crippen molar-refractivity contribution >= 4 is 17.5 Å². The molecule has 2 saturated heterocycles. The Morgan fingerprint density at radius 1 is 1.08 bits per heavy atom. The number of rotatable bonds is 3. The van der Waals surface area contributed by atoms with Gasteiger partial charge in [0.25, 0.3) is 0 Å². The first-order valence-corrected chi connectivity index (χ1v) is 9.03. The van der Waals surface area contributed by atoms with Crippen molar-refractivity contribution in [1.82, 2.24) is 15.1 Å². The number of halogens is 3. The van der Waals surface area contributed by atoms with E-state index in [1.165, 1.54) is 11.3 Å². The molecule has 144 valence electrons. The van der Waals surface area contributed by atoms with Crippen molar-refractivity contribution in [2.45, 2.75) is 44.8 Å². The number of aromatic nitrogens is 2. The topological polar surface area (TPSA) is 52.6 Å². The van der Waals surface area contributed by atoms with Crippen LogP contribution in [0.2, 0.25) is 0 Å². The van der Waals surface area contributed by atoms with Crippen LogP contribution in [0.5, 0.6) is 0 Å².